The first kappa shape index (κ1) is 12.3. The molecule has 1 fully saturated rings. The molecule has 0 heterocycles. The first-order valence-electron chi connectivity index (χ1n) is 5.81. The van der Waals surface area contributed by atoms with Crippen molar-refractivity contribution >= 4 is 5.96 Å². The van der Waals surface area contributed by atoms with Gasteiger partial charge in [-0.3, -0.25) is 4.99 Å². The van der Waals surface area contributed by atoms with Gasteiger partial charge in [-0.25, -0.2) is 0 Å². The smallest absolute Gasteiger partial charge is 0.191 e. The minimum absolute atomic E-state index is 0.602. The van der Waals surface area contributed by atoms with E-state index in [4.69, 9.17) is 0 Å². The second kappa shape index (κ2) is 5.95. The molecule has 1 saturated carbocycles. The summed E-state index contributed by atoms with van der Waals surface area (Å²) in [4.78, 5) is 6.50. The van der Waals surface area contributed by atoms with Crippen LogP contribution in [0.2, 0.25) is 0 Å². The van der Waals surface area contributed by atoms with Crippen LogP contribution >= 0.6 is 0 Å². The van der Waals surface area contributed by atoms with Crippen LogP contribution in [0.1, 0.15) is 26.7 Å². The third kappa shape index (κ3) is 5.02. The summed E-state index contributed by atoms with van der Waals surface area (Å²) in [5.41, 5.74) is 0. The van der Waals surface area contributed by atoms with Crippen molar-refractivity contribution in [2.75, 3.05) is 27.2 Å². The van der Waals surface area contributed by atoms with E-state index in [1.165, 1.54) is 12.8 Å². The summed E-state index contributed by atoms with van der Waals surface area (Å²) >= 11 is 0. The van der Waals surface area contributed by atoms with E-state index in [1.807, 2.05) is 7.05 Å². The van der Waals surface area contributed by atoms with Crippen LogP contribution in [-0.4, -0.2) is 50.1 Å². The van der Waals surface area contributed by atoms with Crippen molar-refractivity contribution in [1.29, 1.82) is 0 Å². The Morgan fingerprint density at radius 2 is 2.13 bits per heavy atom. The van der Waals surface area contributed by atoms with Crippen LogP contribution in [0.3, 0.4) is 0 Å². The Balaban J connectivity index is 2.11. The second-order valence-electron chi connectivity index (χ2n) is 4.49. The SMILES string of the molecule is CN=C(NCCN(C)C(C)C)NC1CC1. The highest BCUT2D eigenvalue weighted by atomic mass is 15.2. The quantitative estimate of drug-likeness (QED) is 0.519. The summed E-state index contributed by atoms with van der Waals surface area (Å²) in [6.07, 6.45) is 2.57. The molecular weight excluding hydrogens is 188 g/mol. The van der Waals surface area contributed by atoms with Crippen molar-refractivity contribution in [3.8, 4) is 0 Å². The highest BCUT2D eigenvalue weighted by Gasteiger charge is 2.21. The number of guanidine groups is 1. The summed E-state index contributed by atoms with van der Waals surface area (Å²) in [7, 11) is 3.97. The predicted molar refractivity (Wildman–Crippen MR) is 65.3 cm³/mol. The minimum atomic E-state index is 0.602. The predicted octanol–water partition coefficient (Wildman–Crippen LogP) is 0.654. The summed E-state index contributed by atoms with van der Waals surface area (Å²) in [6.45, 7) is 6.40. The maximum Gasteiger partial charge on any atom is 0.191 e. The zero-order valence-corrected chi connectivity index (χ0v) is 10.4. The van der Waals surface area contributed by atoms with Gasteiger partial charge in [0, 0.05) is 32.2 Å². The lowest BCUT2D eigenvalue weighted by molar-refractivity contribution is 0.278. The standard InChI is InChI=1S/C11H24N4/c1-9(2)15(4)8-7-13-11(12-3)14-10-5-6-10/h9-10H,5-8H2,1-4H3,(H2,12,13,14). The van der Waals surface area contributed by atoms with Crippen molar-refractivity contribution in [2.45, 2.75) is 38.8 Å². The summed E-state index contributed by atoms with van der Waals surface area (Å²) < 4.78 is 0. The molecule has 0 bridgehead atoms. The molecule has 1 aliphatic carbocycles. The molecule has 1 rings (SSSR count). The molecule has 0 saturated heterocycles. The van der Waals surface area contributed by atoms with Crippen molar-refractivity contribution in [2.24, 2.45) is 4.99 Å². The molecule has 2 N–H and O–H groups in total. The number of likely N-dealkylation sites (N-methyl/N-ethyl adjacent to an activating group) is 1. The number of rotatable bonds is 5. The van der Waals surface area contributed by atoms with Crippen LogP contribution in [0, 0.1) is 0 Å². The average Bonchev–Trinajstić information content (AvgIpc) is 2.99. The lowest BCUT2D eigenvalue weighted by Gasteiger charge is -2.21. The van der Waals surface area contributed by atoms with E-state index in [-0.39, 0.29) is 0 Å². The Morgan fingerprint density at radius 1 is 1.47 bits per heavy atom. The van der Waals surface area contributed by atoms with Crippen molar-refractivity contribution < 1.29 is 0 Å². The molecule has 0 aromatic carbocycles. The van der Waals surface area contributed by atoms with Gasteiger partial charge in [0.2, 0.25) is 0 Å². The van der Waals surface area contributed by atoms with Gasteiger partial charge < -0.3 is 15.5 Å². The van der Waals surface area contributed by atoms with Gasteiger partial charge >= 0.3 is 0 Å². The van der Waals surface area contributed by atoms with Gasteiger partial charge in [0.15, 0.2) is 5.96 Å². The fourth-order valence-electron chi connectivity index (χ4n) is 1.22. The van der Waals surface area contributed by atoms with Crippen molar-refractivity contribution in [3.05, 3.63) is 0 Å². The Morgan fingerprint density at radius 3 is 2.60 bits per heavy atom. The molecule has 4 nitrogen and oxygen atoms in total. The van der Waals surface area contributed by atoms with Crippen LogP contribution < -0.4 is 10.6 Å². The maximum absolute atomic E-state index is 4.19. The number of nitrogens with zero attached hydrogens (tertiary/aromatic N) is 2. The van der Waals surface area contributed by atoms with Crippen LogP contribution in [0.25, 0.3) is 0 Å². The summed E-state index contributed by atoms with van der Waals surface area (Å²) in [5.74, 6) is 0.939. The van der Waals surface area contributed by atoms with E-state index in [0.717, 1.165) is 19.0 Å². The van der Waals surface area contributed by atoms with Gasteiger partial charge in [0.25, 0.3) is 0 Å². The molecule has 0 spiro atoms. The van der Waals surface area contributed by atoms with E-state index < -0.39 is 0 Å². The molecule has 1 aliphatic rings. The van der Waals surface area contributed by atoms with E-state index in [0.29, 0.717) is 12.1 Å². The Labute approximate surface area is 93.1 Å². The lowest BCUT2D eigenvalue weighted by Crippen LogP contribution is -2.42. The number of hydrogen-bond donors (Lipinski definition) is 2. The van der Waals surface area contributed by atoms with E-state index in [1.54, 1.807) is 0 Å². The van der Waals surface area contributed by atoms with Gasteiger partial charge in [0.1, 0.15) is 0 Å². The van der Waals surface area contributed by atoms with Crippen molar-refractivity contribution in [1.82, 2.24) is 15.5 Å². The highest BCUT2D eigenvalue weighted by Crippen LogP contribution is 2.18. The molecule has 0 radical (unpaired) electrons. The van der Waals surface area contributed by atoms with Crippen LogP contribution in [0.4, 0.5) is 0 Å². The van der Waals surface area contributed by atoms with E-state index in [2.05, 4.69) is 41.4 Å². The van der Waals surface area contributed by atoms with Gasteiger partial charge in [-0.1, -0.05) is 0 Å². The summed E-state index contributed by atoms with van der Waals surface area (Å²) in [6, 6.07) is 1.27. The fourth-order valence-corrected chi connectivity index (χ4v) is 1.22. The Hall–Kier alpha value is -0.770. The van der Waals surface area contributed by atoms with Gasteiger partial charge in [-0.2, -0.15) is 0 Å². The van der Waals surface area contributed by atoms with E-state index in [9.17, 15) is 0 Å². The van der Waals surface area contributed by atoms with Gasteiger partial charge in [-0.05, 0) is 33.7 Å². The molecule has 0 atom stereocenters. The van der Waals surface area contributed by atoms with Crippen LogP contribution in [-0.2, 0) is 0 Å². The van der Waals surface area contributed by atoms with Crippen molar-refractivity contribution in [3.63, 3.8) is 0 Å². The lowest BCUT2D eigenvalue weighted by atomic mass is 10.3. The molecule has 0 aliphatic heterocycles. The van der Waals surface area contributed by atoms with Crippen LogP contribution in [0.5, 0.6) is 0 Å². The third-order valence-electron chi connectivity index (χ3n) is 2.78. The fraction of sp³-hybridized carbons (Fsp3) is 0.909. The molecule has 0 aromatic heterocycles. The minimum Gasteiger partial charge on any atom is -0.355 e. The largest absolute Gasteiger partial charge is 0.355 e. The molecule has 4 heteroatoms. The van der Waals surface area contributed by atoms with E-state index >= 15 is 0 Å². The second-order valence-corrected chi connectivity index (χ2v) is 4.49. The average molecular weight is 212 g/mol. The first-order valence-corrected chi connectivity index (χ1v) is 5.81. The Bertz CT molecular complexity index is 209. The molecule has 0 unspecified atom stereocenters. The third-order valence-corrected chi connectivity index (χ3v) is 2.78. The Kier molecular flexibility index (Phi) is 4.88. The zero-order valence-electron chi connectivity index (χ0n) is 10.4. The molecular formula is C11H24N4. The maximum atomic E-state index is 4.19. The topological polar surface area (TPSA) is 39.7 Å². The number of aliphatic imine (C=N–C) groups is 1. The molecule has 0 amide bonds. The van der Waals surface area contributed by atoms with Crippen LogP contribution in [0.15, 0.2) is 4.99 Å². The van der Waals surface area contributed by atoms with Gasteiger partial charge in [-0.15, -0.1) is 0 Å². The first-order chi connectivity index (χ1) is 7.13. The monoisotopic (exact) mass is 212 g/mol. The molecule has 0 aromatic rings. The molecule has 88 valence electrons. The highest BCUT2D eigenvalue weighted by molar-refractivity contribution is 5.80. The number of hydrogen-bond acceptors (Lipinski definition) is 2. The normalized spacial score (nSPS) is 17.3. The van der Waals surface area contributed by atoms with Gasteiger partial charge in [0.05, 0.1) is 0 Å². The zero-order chi connectivity index (χ0) is 11.3. The summed E-state index contributed by atoms with van der Waals surface area (Å²) in [5, 5.41) is 6.69. The molecule has 15 heavy (non-hydrogen) atoms. The number of nitrogens with one attached hydrogen (secondary N) is 2.